The summed E-state index contributed by atoms with van der Waals surface area (Å²) in [6, 6.07) is 54.7. The minimum atomic E-state index is 0.732. The molecule has 234 valence electrons. The minimum Gasteiger partial charge on any atom is -0.456 e. The highest BCUT2D eigenvalue weighted by atomic mass is 16.3. The van der Waals surface area contributed by atoms with Crippen molar-refractivity contribution in [1.29, 1.82) is 0 Å². The van der Waals surface area contributed by atoms with E-state index in [0.717, 1.165) is 39.9 Å². The van der Waals surface area contributed by atoms with Gasteiger partial charge in [-0.25, -0.2) is 0 Å². The first kappa shape index (κ1) is 27.4. The number of hydrogen-bond acceptors (Lipinski definition) is 2. The van der Waals surface area contributed by atoms with E-state index >= 15 is 0 Å². The van der Waals surface area contributed by atoms with Crippen LogP contribution < -0.4 is 5.32 Å². The molecule has 0 saturated heterocycles. The molecule has 0 saturated carbocycles. The second kappa shape index (κ2) is 10.5. The molecule has 0 amide bonds. The molecule has 0 aliphatic carbocycles. The Morgan fingerprint density at radius 3 is 2.08 bits per heavy atom. The van der Waals surface area contributed by atoms with Crippen LogP contribution >= 0.6 is 0 Å². The number of rotatable bonds is 3. The summed E-state index contributed by atoms with van der Waals surface area (Å²) in [7, 11) is 0. The van der Waals surface area contributed by atoms with Crippen molar-refractivity contribution >= 4 is 87.3 Å². The Balaban J connectivity index is 1.13. The molecule has 1 aliphatic heterocycles. The van der Waals surface area contributed by atoms with E-state index in [9.17, 15) is 0 Å². The fraction of sp³-hybridized carbons (Fsp3) is 0.0213. The monoisotopic (exact) mass is 638 g/mol. The number of para-hydroxylation sites is 1. The second-order valence-corrected chi connectivity index (χ2v) is 13.3. The largest absolute Gasteiger partial charge is 0.456 e. The van der Waals surface area contributed by atoms with E-state index in [1.807, 2.05) is 0 Å². The predicted octanol–water partition coefficient (Wildman–Crippen LogP) is 12.2. The lowest BCUT2D eigenvalue weighted by atomic mass is 9.94. The van der Waals surface area contributed by atoms with Crippen molar-refractivity contribution in [2.75, 3.05) is 6.54 Å². The Morgan fingerprint density at radius 1 is 0.480 bits per heavy atom. The second-order valence-electron chi connectivity index (χ2n) is 13.3. The van der Waals surface area contributed by atoms with Gasteiger partial charge >= 0.3 is 0 Å². The van der Waals surface area contributed by atoms with E-state index in [-0.39, 0.29) is 0 Å². The zero-order valence-corrected chi connectivity index (χ0v) is 27.2. The number of nitrogens with one attached hydrogen (secondary N) is 1. The van der Waals surface area contributed by atoms with Gasteiger partial charge in [0.2, 0.25) is 0 Å². The smallest absolute Gasteiger partial charge is 0.138 e. The Morgan fingerprint density at radius 2 is 1.22 bits per heavy atom. The standard InChI is InChI=1S/C47H30N2O/c1-2-12-31-26-32(21-20-29(31)10-1)39-24-22-33(28-48-39)35-17-9-19-43-46(35)47-37-15-6-5-14-36(37)42(27-44(47)50-43)49-40-18-8-7-16-38(40)45-34-13-4-3-11-30(34)23-25-41(45)49/h1-27,48H,28H2. The van der Waals surface area contributed by atoms with Crippen LogP contribution in [0.4, 0.5) is 0 Å². The molecule has 50 heavy (non-hydrogen) atoms. The van der Waals surface area contributed by atoms with E-state index in [1.165, 1.54) is 70.8 Å². The zero-order valence-electron chi connectivity index (χ0n) is 27.2. The Bertz CT molecular complexity index is 3100. The lowest BCUT2D eigenvalue weighted by molar-refractivity contribution is 0.669. The molecule has 1 aliphatic rings. The van der Waals surface area contributed by atoms with Crippen LogP contribution in [0.5, 0.6) is 0 Å². The number of dihydropyridines is 1. The van der Waals surface area contributed by atoms with Crippen LogP contribution in [0, 0.1) is 0 Å². The minimum absolute atomic E-state index is 0.732. The average Bonchev–Trinajstić information content (AvgIpc) is 3.73. The van der Waals surface area contributed by atoms with Crippen molar-refractivity contribution in [2.24, 2.45) is 0 Å². The summed E-state index contributed by atoms with van der Waals surface area (Å²) in [6.07, 6.45) is 4.49. The summed E-state index contributed by atoms with van der Waals surface area (Å²) in [6.45, 7) is 0.732. The summed E-state index contributed by atoms with van der Waals surface area (Å²) >= 11 is 0. The normalized spacial score (nSPS) is 13.5. The summed E-state index contributed by atoms with van der Waals surface area (Å²) in [4.78, 5) is 0. The molecule has 10 aromatic rings. The van der Waals surface area contributed by atoms with Gasteiger partial charge in [0.25, 0.3) is 0 Å². The van der Waals surface area contributed by atoms with Gasteiger partial charge < -0.3 is 14.3 Å². The molecule has 0 fully saturated rings. The average molecular weight is 639 g/mol. The Hall–Kier alpha value is -6.58. The van der Waals surface area contributed by atoms with Gasteiger partial charge in [0.15, 0.2) is 0 Å². The maximum absolute atomic E-state index is 6.78. The summed E-state index contributed by atoms with van der Waals surface area (Å²) in [5, 5.41) is 16.0. The van der Waals surface area contributed by atoms with Crippen LogP contribution in [0.15, 0.2) is 168 Å². The number of furan rings is 1. The maximum atomic E-state index is 6.78. The number of benzene rings is 8. The topological polar surface area (TPSA) is 30.1 Å². The highest BCUT2D eigenvalue weighted by molar-refractivity contribution is 6.25. The maximum Gasteiger partial charge on any atom is 0.138 e. The Labute approximate surface area is 288 Å². The first-order valence-corrected chi connectivity index (χ1v) is 17.2. The highest BCUT2D eigenvalue weighted by Crippen LogP contribution is 2.44. The lowest BCUT2D eigenvalue weighted by Gasteiger charge is -2.19. The van der Waals surface area contributed by atoms with Gasteiger partial charge in [0, 0.05) is 45.2 Å². The molecule has 1 N–H and O–H groups in total. The molecule has 3 heterocycles. The van der Waals surface area contributed by atoms with Crippen LogP contribution in [0.3, 0.4) is 0 Å². The fourth-order valence-electron chi connectivity index (χ4n) is 8.35. The molecule has 0 bridgehead atoms. The Kier molecular flexibility index (Phi) is 5.73. The number of nitrogens with zero attached hydrogens (tertiary/aromatic N) is 1. The quantitative estimate of drug-likeness (QED) is 0.209. The van der Waals surface area contributed by atoms with Gasteiger partial charge in [0.1, 0.15) is 11.2 Å². The summed E-state index contributed by atoms with van der Waals surface area (Å²) in [5.74, 6) is 0. The third-order valence-electron chi connectivity index (χ3n) is 10.6. The molecule has 0 radical (unpaired) electrons. The van der Waals surface area contributed by atoms with E-state index in [0.29, 0.717) is 0 Å². The van der Waals surface area contributed by atoms with Crippen molar-refractivity contribution in [2.45, 2.75) is 0 Å². The number of hydrogen-bond donors (Lipinski definition) is 1. The van der Waals surface area contributed by atoms with Crippen LogP contribution in [-0.4, -0.2) is 11.1 Å². The van der Waals surface area contributed by atoms with Crippen molar-refractivity contribution in [3.63, 3.8) is 0 Å². The molecular weight excluding hydrogens is 609 g/mol. The van der Waals surface area contributed by atoms with Crippen molar-refractivity contribution < 1.29 is 4.42 Å². The van der Waals surface area contributed by atoms with E-state index in [2.05, 4.69) is 174 Å². The number of fused-ring (bicyclic) bond motifs is 11. The molecule has 3 heteroatoms. The van der Waals surface area contributed by atoms with Crippen LogP contribution in [0.25, 0.3) is 93.0 Å². The van der Waals surface area contributed by atoms with Gasteiger partial charge in [-0.1, -0.05) is 127 Å². The summed E-state index contributed by atoms with van der Waals surface area (Å²) in [5.41, 5.74) is 10.1. The molecule has 0 atom stereocenters. The fourth-order valence-corrected chi connectivity index (χ4v) is 8.35. The van der Waals surface area contributed by atoms with Crippen LogP contribution in [0.2, 0.25) is 0 Å². The van der Waals surface area contributed by atoms with E-state index in [4.69, 9.17) is 4.42 Å². The third-order valence-corrected chi connectivity index (χ3v) is 10.6. The van der Waals surface area contributed by atoms with Crippen LogP contribution in [-0.2, 0) is 0 Å². The molecule has 8 aromatic carbocycles. The third kappa shape index (κ3) is 3.92. The van der Waals surface area contributed by atoms with Crippen molar-refractivity contribution in [1.82, 2.24) is 9.88 Å². The summed E-state index contributed by atoms with van der Waals surface area (Å²) < 4.78 is 9.21. The molecule has 0 unspecified atom stereocenters. The van der Waals surface area contributed by atoms with Crippen molar-refractivity contribution in [3.05, 3.63) is 175 Å². The lowest BCUT2D eigenvalue weighted by Crippen LogP contribution is -2.18. The molecule has 2 aromatic heterocycles. The van der Waals surface area contributed by atoms with Gasteiger partial charge in [0.05, 0.1) is 16.7 Å². The number of aromatic nitrogens is 1. The molecular formula is C47H30N2O. The molecule has 11 rings (SSSR count). The van der Waals surface area contributed by atoms with Crippen LogP contribution in [0.1, 0.15) is 11.1 Å². The highest BCUT2D eigenvalue weighted by Gasteiger charge is 2.22. The van der Waals surface area contributed by atoms with E-state index in [1.54, 1.807) is 0 Å². The SMILES string of the molecule is C1=C(c2ccc3ccccc3c2)NCC(c2cccc3oc4cc(-n5c6ccccc6c6c7ccccc7ccc65)c5ccccc5c4c23)=C1. The predicted molar refractivity (Wildman–Crippen MR) is 211 cm³/mol. The van der Waals surface area contributed by atoms with Gasteiger partial charge in [-0.3, -0.25) is 0 Å². The van der Waals surface area contributed by atoms with Gasteiger partial charge in [-0.15, -0.1) is 0 Å². The van der Waals surface area contributed by atoms with E-state index < -0.39 is 0 Å². The zero-order chi connectivity index (χ0) is 32.8. The van der Waals surface area contributed by atoms with Gasteiger partial charge in [-0.05, 0) is 74.0 Å². The molecule has 3 nitrogen and oxygen atoms in total. The van der Waals surface area contributed by atoms with Gasteiger partial charge in [-0.2, -0.15) is 0 Å². The first-order chi connectivity index (χ1) is 24.8. The molecule has 0 spiro atoms. The number of allylic oxidation sites excluding steroid dienone is 2. The first-order valence-electron chi connectivity index (χ1n) is 17.2. The van der Waals surface area contributed by atoms with Crippen molar-refractivity contribution in [3.8, 4) is 5.69 Å².